The molecule has 0 radical (unpaired) electrons. The van der Waals surface area contributed by atoms with Crippen molar-refractivity contribution in [2.24, 2.45) is 0 Å². The second kappa shape index (κ2) is 8.43. The highest BCUT2D eigenvalue weighted by molar-refractivity contribution is 5.14. The minimum absolute atomic E-state index is 0.706. The number of hydrogen-bond donors (Lipinski definition) is 1. The van der Waals surface area contributed by atoms with E-state index in [1.165, 1.54) is 50.6 Å². The minimum atomic E-state index is 0.706. The van der Waals surface area contributed by atoms with E-state index in [0.717, 1.165) is 12.6 Å². The lowest BCUT2D eigenvalue weighted by molar-refractivity contribution is 0.0928. The van der Waals surface area contributed by atoms with Gasteiger partial charge in [-0.05, 0) is 64.7 Å². The molecule has 0 saturated carbocycles. The van der Waals surface area contributed by atoms with Crippen LogP contribution >= 0.6 is 0 Å². The van der Waals surface area contributed by atoms with Crippen molar-refractivity contribution in [3.63, 3.8) is 0 Å². The Morgan fingerprint density at radius 3 is 2.80 bits per heavy atom. The highest BCUT2D eigenvalue weighted by Crippen LogP contribution is 2.23. The van der Waals surface area contributed by atoms with Crippen LogP contribution in [0, 0.1) is 0 Å². The topological polar surface area (TPSA) is 15.3 Å². The van der Waals surface area contributed by atoms with Gasteiger partial charge in [0, 0.05) is 12.1 Å². The highest BCUT2D eigenvalue weighted by atomic mass is 15.2. The Hall–Kier alpha value is -0.860. The molecule has 1 aromatic carbocycles. The van der Waals surface area contributed by atoms with Crippen molar-refractivity contribution >= 4 is 0 Å². The summed E-state index contributed by atoms with van der Waals surface area (Å²) in [5.41, 5.74) is 1.48. The average molecular weight is 274 g/mol. The molecule has 1 aromatic rings. The van der Waals surface area contributed by atoms with Crippen LogP contribution in [-0.2, 0) is 6.42 Å². The van der Waals surface area contributed by atoms with Crippen LogP contribution in [0.15, 0.2) is 30.3 Å². The smallest absolute Gasteiger partial charge is 0.0110 e. The molecular weight excluding hydrogens is 244 g/mol. The Bertz CT molecular complexity index is 363. The fourth-order valence-electron chi connectivity index (χ4n) is 3.41. The summed E-state index contributed by atoms with van der Waals surface area (Å²) >= 11 is 0. The van der Waals surface area contributed by atoms with Gasteiger partial charge >= 0.3 is 0 Å². The van der Waals surface area contributed by atoms with Crippen LogP contribution in [0.2, 0.25) is 0 Å². The molecule has 2 atom stereocenters. The zero-order chi connectivity index (χ0) is 14.2. The molecule has 2 heteroatoms. The van der Waals surface area contributed by atoms with Gasteiger partial charge in [-0.15, -0.1) is 0 Å². The predicted molar refractivity (Wildman–Crippen MR) is 87.1 cm³/mol. The number of benzene rings is 1. The predicted octanol–water partition coefficient (Wildman–Crippen LogP) is 3.47. The van der Waals surface area contributed by atoms with Crippen LogP contribution in [0.4, 0.5) is 0 Å². The third-order valence-electron chi connectivity index (χ3n) is 4.66. The summed E-state index contributed by atoms with van der Waals surface area (Å²) in [6.07, 6.45) is 7.96. The zero-order valence-electron chi connectivity index (χ0n) is 13.1. The Morgan fingerprint density at radius 2 is 2.05 bits per heavy atom. The number of piperidine rings is 1. The van der Waals surface area contributed by atoms with Gasteiger partial charge in [-0.3, -0.25) is 4.90 Å². The van der Waals surface area contributed by atoms with E-state index < -0.39 is 0 Å². The molecule has 0 aliphatic carbocycles. The van der Waals surface area contributed by atoms with Gasteiger partial charge in [-0.25, -0.2) is 0 Å². The highest BCUT2D eigenvalue weighted by Gasteiger charge is 2.25. The first kappa shape index (κ1) is 15.5. The maximum absolute atomic E-state index is 3.31. The number of rotatable bonds is 7. The molecule has 1 N–H and O–H groups in total. The summed E-state index contributed by atoms with van der Waals surface area (Å²) in [4.78, 5) is 2.77. The van der Waals surface area contributed by atoms with Gasteiger partial charge in [0.25, 0.3) is 0 Å². The van der Waals surface area contributed by atoms with Crippen LogP contribution in [-0.4, -0.2) is 37.1 Å². The standard InChI is InChI=1S/C18H30N2/c1-16(11-12-17-8-4-3-5-9-17)20-15-7-6-10-18(20)13-14-19-2/h3-5,8-9,16,18-19H,6-7,10-15H2,1-2H3. The molecule has 0 spiro atoms. The minimum Gasteiger partial charge on any atom is -0.320 e. The van der Waals surface area contributed by atoms with E-state index in [4.69, 9.17) is 0 Å². The van der Waals surface area contributed by atoms with E-state index in [0.29, 0.717) is 6.04 Å². The van der Waals surface area contributed by atoms with Crippen molar-refractivity contribution in [1.29, 1.82) is 0 Å². The summed E-state index contributed by atoms with van der Waals surface area (Å²) in [5.74, 6) is 0. The molecule has 1 aliphatic rings. The Kier molecular flexibility index (Phi) is 6.55. The van der Waals surface area contributed by atoms with Gasteiger partial charge in [0.1, 0.15) is 0 Å². The lowest BCUT2D eigenvalue weighted by Crippen LogP contribution is -2.46. The average Bonchev–Trinajstić information content (AvgIpc) is 2.52. The quantitative estimate of drug-likeness (QED) is 0.819. The largest absolute Gasteiger partial charge is 0.320 e. The molecule has 1 aliphatic heterocycles. The van der Waals surface area contributed by atoms with Gasteiger partial charge in [0.15, 0.2) is 0 Å². The van der Waals surface area contributed by atoms with Crippen LogP contribution in [0.25, 0.3) is 0 Å². The normalized spacial score (nSPS) is 21.8. The molecule has 0 bridgehead atoms. The van der Waals surface area contributed by atoms with E-state index in [-0.39, 0.29) is 0 Å². The Balaban J connectivity index is 1.84. The summed E-state index contributed by atoms with van der Waals surface area (Å²) in [5, 5.41) is 3.31. The molecular formula is C18H30N2. The van der Waals surface area contributed by atoms with Gasteiger partial charge in [-0.2, -0.15) is 0 Å². The van der Waals surface area contributed by atoms with E-state index in [1.54, 1.807) is 0 Å². The van der Waals surface area contributed by atoms with Crippen molar-refractivity contribution in [3.05, 3.63) is 35.9 Å². The van der Waals surface area contributed by atoms with Gasteiger partial charge in [0.05, 0.1) is 0 Å². The maximum Gasteiger partial charge on any atom is 0.0110 e. The first-order valence-corrected chi connectivity index (χ1v) is 8.25. The molecule has 1 fully saturated rings. The number of nitrogens with zero attached hydrogens (tertiary/aromatic N) is 1. The number of nitrogens with one attached hydrogen (secondary N) is 1. The lowest BCUT2D eigenvalue weighted by Gasteiger charge is -2.40. The van der Waals surface area contributed by atoms with Crippen LogP contribution in [0.3, 0.4) is 0 Å². The Morgan fingerprint density at radius 1 is 1.25 bits per heavy atom. The van der Waals surface area contributed by atoms with Crippen molar-refractivity contribution < 1.29 is 0 Å². The van der Waals surface area contributed by atoms with Crippen LogP contribution in [0.5, 0.6) is 0 Å². The second-order valence-corrected chi connectivity index (χ2v) is 6.15. The SMILES string of the molecule is CNCCC1CCCCN1C(C)CCc1ccccc1. The zero-order valence-corrected chi connectivity index (χ0v) is 13.1. The first-order chi connectivity index (χ1) is 9.81. The molecule has 1 saturated heterocycles. The second-order valence-electron chi connectivity index (χ2n) is 6.15. The van der Waals surface area contributed by atoms with Crippen molar-refractivity contribution in [2.45, 2.75) is 57.5 Å². The van der Waals surface area contributed by atoms with Gasteiger partial charge < -0.3 is 5.32 Å². The molecule has 2 unspecified atom stereocenters. The van der Waals surface area contributed by atoms with Crippen LogP contribution in [0.1, 0.15) is 44.6 Å². The van der Waals surface area contributed by atoms with Crippen molar-refractivity contribution in [3.8, 4) is 0 Å². The summed E-state index contributed by atoms with van der Waals surface area (Å²) in [7, 11) is 2.06. The summed E-state index contributed by atoms with van der Waals surface area (Å²) < 4.78 is 0. The van der Waals surface area contributed by atoms with E-state index in [2.05, 4.69) is 54.5 Å². The van der Waals surface area contributed by atoms with Crippen molar-refractivity contribution in [2.75, 3.05) is 20.1 Å². The molecule has 2 nitrogen and oxygen atoms in total. The third kappa shape index (κ3) is 4.60. The monoisotopic (exact) mass is 274 g/mol. The number of hydrogen-bond acceptors (Lipinski definition) is 2. The fourth-order valence-corrected chi connectivity index (χ4v) is 3.41. The fraction of sp³-hybridized carbons (Fsp3) is 0.667. The maximum atomic E-state index is 3.31. The van der Waals surface area contributed by atoms with Crippen LogP contribution < -0.4 is 5.32 Å². The number of aryl methyl sites for hydroxylation is 1. The van der Waals surface area contributed by atoms with Gasteiger partial charge in [0.2, 0.25) is 0 Å². The van der Waals surface area contributed by atoms with Gasteiger partial charge in [-0.1, -0.05) is 36.8 Å². The molecule has 0 amide bonds. The van der Waals surface area contributed by atoms with E-state index in [9.17, 15) is 0 Å². The first-order valence-electron chi connectivity index (χ1n) is 8.25. The van der Waals surface area contributed by atoms with E-state index >= 15 is 0 Å². The summed E-state index contributed by atoms with van der Waals surface area (Å²) in [6.45, 7) is 4.86. The molecule has 2 rings (SSSR count). The molecule has 1 heterocycles. The lowest BCUT2D eigenvalue weighted by atomic mass is 9.95. The molecule has 0 aromatic heterocycles. The third-order valence-corrected chi connectivity index (χ3v) is 4.66. The Labute approximate surface area is 124 Å². The molecule has 112 valence electrons. The van der Waals surface area contributed by atoms with E-state index in [1.807, 2.05) is 0 Å². The number of likely N-dealkylation sites (tertiary alicyclic amines) is 1. The molecule has 20 heavy (non-hydrogen) atoms. The summed E-state index contributed by atoms with van der Waals surface area (Å²) in [6, 6.07) is 12.4. The van der Waals surface area contributed by atoms with Crippen molar-refractivity contribution in [1.82, 2.24) is 10.2 Å².